The van der Waals surface area contributed by atoms with Crippen LogP contribution in [0.15, 0.2) is 22.0 Å². The molecule has 2 heterocycles. The summed E-state index contributed by atoms with van der Waals surface area (Å²) < 4.78 is 5.10. The van der Waals surface area contributed by atoms with Gasteiger partial charge in [0.25, 0.3) is 0 Å². The first kappa shape index (κ1) is 12.7. The van der Waals surface area contributed by atoms with Crippen molar-refractivity contribution in [2.75, 3.05) is 14.1 Å². The largest absolute Gasteiger partial charge is 0.339 e. The van der Waals surface area contributed by atoms with E-state index in [1.165, 1.54) is 0 Å². The maximum absolute atomic E-state index is 11.4. The molecule has 0 spiro atoms. The van der Waals surface area contributed by atoms with Crippen LogP contribution in [-0.2, 0) is 11.2 Å². The topological polar surface area (TPSA) is 71.3 Å². The van der Waals surface area contributed by atoms with Crippen molar-refractivity contribution < 1.29 is 9.32 Å². The van der Waals surface area contributed by atoms with Gasteiger partial charge in [0.1, 0.15) is 0 Å². The molecule has 0 aliphatic heterocycles. The summed E-state index contributed by atoms with van der Waals surface area (Å²) in [5, 5.41) is 7.44. The van der Waals surface area contributed by atoms with Gasteiger partial charge >= 0.3 is 0 Å². The zero-order valence-corrected chi connectivity index (χ0v) is 11.0. The van der Waals surface area contributed by atoms with Crippen molar-refractivity contribution in [1.29, 1.82) is 0 Å². The van der Waals surface area contributed by atoms with Gasteiger partial charge in [-0.05, 0) is 11.4 Å². The summed E-state index contributed by atoms with van der Waals surface area (Å²) in [6.45, 7) is 0. The summed E-state index contributed by atoms with van der Waals surface area (Å²) in [4.78, 5) is 16.6. The lowest BCUT2D eigenvalue weighted by Gasteiger charge is -2.10. The van der Waals surface area contributed by atoms with E-state index in [9.17, 15) is 4.79 Å². The Morgan fingerprint density at radius 2 is 2.39 bits per heavy atom. The van der Waals surface area contributed by atoms with E-state index in [-0.39, 0.29) is 5.91 Å². The lowest BCUT2D eigenvalue weighted by atomic mass is 10.3. The van der Waals surface area contributed by atoms with Crippen molar-refractivity contribution in [3.05, 3.63) is 23.4 Å². The molecule has 96 valence electrons. The standard InChI is InChI=1S/C11H14N4O2S/c1-15(2)13-9(16)5-6-10-12-11(14-17-10)8-4-3-7-18-8/h3-4,7H,5-6H2,1-2H3,(H,13,16). The molecular formula is C11H14N4O2S. The molecule has 0 fully saturated rings. The summed E-state index contributed by atoms with van der Waals surface area (Å²) in [5.74, 6) is 0.983. The minimum atomic E-state index is -0.0733. The molecule has 0 bridgehead atoms. The molecule has 0 unspecified atom stereocenters. The van der Waals surface area contributed by atoms with Crippen molar-refractivity contribution in [3.8, 4) is 10.7 Å². The molecule has 7 heteroatoms. The Morgan fingerprint density at radius 1 is 1.56 bits per heavy atom. The fourth-order valence-electron chi connectivity index (χ4n) is 1.39. The van der Waals surface area contributed by atoms with Crippen LogP contribution in [0.1, 0.15) is 12.3 Å². The smallest absolute Gasteiger partial charge is 0.234 e. The van der Waals surface area contributed by atoms with Crippen molar-refractivity contribution in [1.82, 2.24) is 20.6 Å². The van der Waals surface area contributed by atoms with Crippen LogP contribution in [-0.4, -0.2) is 35.2 Å². The van der Waals surface area contributed by atoms with Gasteiger partial charge in [0.2, 0.25) is 17.6 Å². The van der Waals surface area contributed by atoms with Crippen LogP contribution in [0.2, 0.25) is 0 Å². The monoisotopic (exact) mass is 266 g/mol. The first-order valence-electron chi connectivity index (χ1n) is 5.48. The number of hydrogen-bond acceptors (Lipinski definition) is 6. The highest BCUT2D eigenvalue weighted by atomic mass is 32.1. The molecule has 1 amide bonds. The minimum Gasteiger partial charge on any atom is -0.339 e. The molecule has 18 heavy (non-hydrogen) atoms. The summed E-state index contributed by atoms with van der Waals surface area (Å²) in [7, 11) is 3.53. The maximum atomic E-state index is 11.4. The number of hydrazine groups is 1. The van der Waals surface area contributed by atoms with Crippen LogP contribution < -0.4 is 5.43 Å². The van der Waals surface area contributed by atoms with Crippen LogP contribution in [0.5, 0.6) is 0 Å². The second-order valence-corrected chi connectivity index (χ2v) is 4.87. The molecule has 2 aromatic heterocycles. The highest BCUT2D eigenvalue weighted by Gasteiger charge is 2.11. The van der Waals surface area contributed by atoms with E-state index in [0.717, 1.165) is 4.88 Å². The van der Waals surface area contributed by atoms with E-state index >= 15 is 0 Å². The number of carbonyl (C=O) groups is 1. The fraction of sp³-hybridized carbons (Fsp3) is 0.364. The van der Waals surface area contributed by atoms with Crippen LogP contribution in [0, 0.1) is 0 Å². The van der Waals surface area contributed by atoms with Crippen LogP contribution in [0.25, 0.3) is 10.7 Å². The molecule has 0 saturated heterocycles. The Balaban J connectivity index is 1.89. The normalized spacial score (nSPS) is 10.8. The van der Waals surface area contributed by atoms with Gasteiger partial charge in [-0.2, -0.15) is 4.98 Å². The zero-order chi connectivity index (χ0) is 13.0. The van der Waals surface area contributed by atoms with Crippen LogP contribution in [0.4, 0.5) is 0 Å². The summed E-state index contributed by atoms with van der Waals surface area (Å²) in [5.41, 5.74) is 2.65. The lowest BCUT2D eigenvalue weighted by molar-refractivity contribution is -0.124. The highest BCUT2D eigenvalue weighted by Crippen LogP contribution is 2.21. The van der Waals surface area contributed by atoms with Gasteiger partial charge in [-0.25, -0.2) is 5.01 Å². The number of aromatic nitrogens is 2. The Hall–Kier alpha value is -1.73. The Bertz CT molecular complexity index is 507. The number of amides is 1. The second-order valence-electron chi connectivity index (χ2n) is 3.92. The third-order valence-electron chi connectivity index (χ3n) is 2.12. The third-order valence-corrected chi connectivity index (χ3v) is 2.99. The van der Waals surface area contributed by atoms with E-state index in [4.69, 9.17) is 4.52 Å². The lowest BCUT2D eigenvalue weighted by Crippen LogP contribution is -2.36. The third kappa shape index (κ3) is 3.38. The molecule has 0 aromatic carbocycles. The Labute approximate surface area is 109 Å². The van der Waals surface area contributed by atoms with Crippen molar-refractivity contribution in [2.45, 2.75) is 12.8 Å². The molecule has 0 atom stereocenters. The van der Waals surface area contributed by atoms with Gasteiger partial charge in [-0.15, -0.1) is 11.3 Å². The number of rotatable bonds is 5. The fourth-order valence-corrected chi connectivity index (χ4v) is 2.04. The minimum absolute atomic E-state index is 0.0733. The van der Waals surface area contributed by atoms with Crippen molar-refractivity contribution in [3.63, 3.8) is 0 Å². The predicted molar refractivity (Wildman–Crippen MR) is 67.8 cm³/mol. The number of carbonyl (C=O) groups excluding carboxylic acids is 1. The molecule has 2 rings (SSSR count). The van der Waals surface area contributed by atoms with Gasteiger partial charge < -0.3 is 4.52 Å². The van der Waals surface area contributed by atoms with Crippen molar-refractivity contribution >= 4 is 17.2 Å². The van der Waals surface area contributed by atoms with Crippen LogP contribution in [0.3, 0.4) is 0 Å². The number of nitrogens with one attached hydrogen (secondary N) is 1. The predicted octanol–water partition coefficient (Wildman–Crippen LogP) is 1.32. The van der Waals surface area contributed by atoms with E-state index in [2.05, 4.69) is 15.6 Å². The maximum Gasteiger partial charge on any atom is 0.234 e. The average Bonchev–Trinajstić information content (AvgIpc) is 2.96. The van der Waals surface area contributed by atoms with Gasteiger partial charge in [-0.1, -0.05) is 11.2 Å². The second kappa shape index (κ2) is 5.74. The average molecular weight is 266 g/mol. The van der Waals surface area contributed by atoms with E-state index < -0.39 is 0 Å². The van der Waals surface area contributed by atoms with Gasteiger partial charge in [-0.3, -0.25) is 10.2 Å². The van der Waals surface area contributed by atoms with Crippen LogP contribution >= 0.6 is 11.3 Å². The summed E-state index contributed by atoms with van der Waals surface area (Å²) in [6, 6.07) is 3.86. The molecule has 2 aromatic rings. The molecule has 1 N–H and O–H groups in total. The Morgan fingerprint density at radius 3 is 3.06 bits per heavy atom. The van der Waals surface area contributed by atoms with Crippen molar-refractivity contribution in [2.24, 2.45) is 0 Å². The number of hydrogen-bond donors (Lipinski definition) is 1. The molecule has 0 aliphatic rings. The first-order valence-corrected chi connectivity index (χ1v) is 6.36. The molecule has 0 aliphatic carbocycles. The molecule has 0 radical (unpaired) electrons. The Kier molecular flexibility index (Phi) is 4.06. The summed E-state index contributed by atoms with van der Waals surface area (Å²) >= 11 is 1.55. The van der Waals surface area contributed by atoms with E-state index in [0.29, 0.717) is 24.6 Å². The molecular weight excluding hydrogens is 252 g/mol. The van der Waals surface area contributed by atoms with E-state index in [1.807, 2.05) is 17.5 Å². The van der Waals surface area contributed by atoms with E-state index in [1.54, 1.807) is 30.4 Å². The highest BCUT2D eigenvalue weighted by molar-refractivity contribution is 7.13. The van der Waals surface area contributed by atoms with Gasteiger partial charge in [0.05, 0.1) is 4.88 Å². The SMILES string of the molecule is CN(C)NC(=O)CCc1nc(-c2cccs2)no1. The van der Waals surface area contributed by atoms with Gasteiger partial charge in [0.15, 0.2) is 0 Å². The number of aryl methyl sites for hydroxylation is 1. The number of nitrogens with zero attached hydrogens (tertiary/aromatic N) is 3. The van der Waals surface area contributed by atoms with Gasteiger partial charge in [0, 0.05) is 26.9 Å². The molecule has 0 saturated carbocycles. The quantitative estimate of drug-likeness (QED) is 0.826. The number of thiophene rings is 1. The first-order chi connectivity index (χ1) is 8.65. The summed E-state index contributed by atoms with van der Waals surface area (Å²) in [6.07, 6.45) is 0.766. The molecule has 6 nitrogen and oxygen atoms in total. The zero-order valence-electron chi connectivity index (χ0n) is 10.2.